The Morgan fingerprint density at radius 2 is 2.29 bits per heavy atom. The molecule has 21 heavy (non-hydrogen) atoms. The van der Waals surface area contributed by atoms with E-state index in [1.807, 2.05) is 25.1 Å². The summed E-state index contributed by atoms with van der Waals surface area (Å²) in [5, 5.41) is 6.59. The summed E-state index contributed by atoms with van der Waals surface area (Å²) in [6.07, 6.45) is 2.42. The molecule has 1 fully saturated rings. The van der Waals surface area contributed by atoms with Crippen LogP contribution in [0.15, 0.2) is 29.3 Å². The fraction of sp³-hybridized carbons (Fsp3) is 0.467. The van der Waals surface area contributed by atoms with Crippen molar-refractivity contribution in [1.82, 2.24) is 10.6 Å². The Bertz CT molecular complexity index is 512. The van der Waals surface area contributed by atoms with Gasteiger partial charge in [0.2, 0.25) is 0 Å². The molecule has 1 aliphatic rings. The number of nitrogens with one attached hydrogen (secondary N) is 2. The minimum atomic E-state index is -0.485. The second-order valence-electron chi connectivity index (χ2n) is 5.02. The average Bonchev–Trinajstić information content (AvgIpc) is 3.27. The van der Waals surface area contributed by atoms with Crippen molar-refractivity contribution in [3.8, 4) is 5.75 Å². The monoisotopic (exact) mass is 290 g/mol. The first kappa shape index (κ1) is 15.2. The SMILES string of the molecule is CCNC(=NCc1cccc(OCC(N)=O)c1)NC1CC1. The van der Waals surface area contributed by atoms with Crippen molar-refractivity contribution in [2.45, 2.75) is 32.4 Å². The molecule has 0 heterocycles. The third-order valence-corrected chi connectivity index (χ3v) is 2.96. The second kappa shape index (κ2) is 7.52. The van der Waals surface area contributed by atoms with E-state index >= 15 is 0 Å². The number of nitrogens with zero attached hydrogens (tertiary/aromatic N) is 1. The highest BCUT2D eigenvalue weighted by Gasteiger charge is 2.21. The fourth-order valence-corrected chi connectivity index (χ4v) is 1.80. The molecule has 0 atom stereocenters. The number of carbonyl (C=O) groups is 1. The minimum Gasteiger partial charge on any atom is -0.484 e. The highest BCUT2D eigenvalue weighted by atomic mass is 16.5. The molecule has 6 heteroatoms. The van der Waals surface area contributed by atoms with Gasteiger partial charge in [-0.25, -0.2) is 4.99 Å². The highest BCUT2D eigenvalue weighted by molar-refractivity contribution is 5.80. The Balaban J connectivity index is 1.93. The Morgan fingerprint density at radius 3 is 2.95 bits per heavy atom. The van der Waals surface area contributed by atoms with Crippen molar-refractivity contribution in [2.75, 3.05) is 13.2 Å². The molecule has 114 valence electrons. The maximum atomic E-state index is 10.7. The summed E-state index contributed by atoms with van der Waals surface area (Å²) in [5.74, 6) is 0.978. The van der Waals surface area contributed by atoms with Crippen LogP contribution in [0.3, 0.4) is 0 Å². The number of nitrogens with two attached hydrogens (primary N) is 1. The molecule has 0 aliphatic heterocycles. The van der Waals surface area contributed by atoms with Crippen molar-refractivity contribution in [1.29, 1.82) is 0 Å². The van der Waals surface area contributed by atoms with Crippen LogP contribution in [-0.4, -0.2) is 31.1 Å². The van der Waals surface area contributed by atoms with Gasteiger partial charge in [-0.1, -0.05) is 12.1 Å². The topological polar surface area (TPSA) is 88.7 Å². The molecule has 0 saturated heterocycles. The number of primary amides is 1. The Hall–Kier alpha value is -2.24. The minimum absolute atomic E-state index is 0.113. The fourth-order valence-electron chi connectivity index (χ4n) is 1.80. The Labute approximate surface area is 124 Å². The Morgan fingerprint density at radius 1 is 1.48 bits per heavy atom. The molecule has 1 aromatic carbocycles. The van der Waals surface area contributed by atoms with Gasteiger partial charge in [-0.15, -0.1) is 0 Å². The van der Waals surface area contributed by atoms with Crippen molar-refractivity contribution in [2.24, 2.45) is 10.7 Å². The molecule has 1 amide bonds. The Kier molecular flexibility index (Phi) is 5.43. The molecule has 0 bridgehead atoms. The maximum absolute atomic E-state index is 10.7. The van der Waals surface area contributed by atoms with Crippen LogP contribution in [0.4, 0.5) is 0 Å². The summed E-state index contributed by atoms with van der Waals surface area (Å²) in [6.45, 7) is 3.32. The molecule has 0 radical (unpaired) electrons. The van der Waals surface area contributed by atoms with Crippen molar-refractivity contribution in [3.63, 3.8) is 0 Å². The van der Waals surface area contributed by atoms with Crippen LogP contribution in [0.25, 0.3) is 0 Å². The number of rotatable bonds is 7. The first-order chi connectivity index (χ1) is 10.2. The van der Waals surface area contributed by atoms with E-state index in [9.17, 15) is 4.79 Å². The van der Waals surface area contributed by atoms with Gasteiger partial charge < -0.3 is 21.1 Å². The number of amides is 1. The van der Waals surface area contributed by atoms with Gasteiger partial charge in [0.15, 0.2) is 12.6 Å². The molecule has 1 saturated carbocycles. The quantitative estimate of drug-likeness (QED) is 0.511. The zero-order chi connectivity index (χ0) is 15.1. The van der Waals surface area contributed by atoms with Gasteiger partial charge in [0.05, 0.1) is 6.54 Å². The van der Waals surface area contributed by atoms with Gasteiger partial charge in [0.1, 0.15) is 5.75 Å². The summed E-state index contributed by atoms with van der Waals surface area (Å²) in [7, 11) is 0. The molecule has 0 aromatic heterocycles. The number of ether oxygens (including phenoxy) is 1. The first-order valence-electron chi connectivity index (χ1n) is 7.22. The number of benzene rings is 1. The third-order valence-electron chi connectivity index (χ3n) is 2.96. The van der Waals surface area contributed by atoms with E-state index in [1.54, 1.807) is 6.07 Å². The van der Waals surface area contributed by atoms with Crippen LogP contribution in [-0.2, 0) is 11.3 Å². The number of hydrogen-bond acceptors (Lipinski definition) is 3. The zero-order valence-electron chi connectivity index (χ0n) is 12.3. The number of hydrogen-bond donors (Lipinski definition) is 3. The van der Waals surface area contributed by atoms with E-state index in [2.05, 4.69) is 15.6 Å². The van der Waals surface area contributed by atoms with Crippen LogP contribution in [0.2, 0.25) is 0 Å². The molecule has 0 spiro atoms. The van der Waals surface area contributed by atoms with Crippen molar-refractivity contribution in [3.05, 3.63) is 29.8 Å². The van der Waals surface area contributed by atoms with Crippen LogP contribution in [0, 0.1) is 0 Å². The molecule has 6 nitrogen and oxygen atoms in total. The number of guanidine groups is 1. The van der Waals surface area contributed by atoms with Gasteiger partial charge in [-0.3, -0.25) is 4.79 Å². The summed E-state index contributed by atoms with van der Waals surface area (Å²) in [4.78, 5) is 15.3. The predicted molar refractivity (Wildman–Crippen MR) is 82.1 cm³/mol. The maximum Gasteiger partial charge on any atom is 0.255 e. The van der Waals surface area contributed by atoms with E-state index in [0.717, 1.165) is 18.1 Å². The largest absolute Gasteiger partial charge is 0.484 e. The lowest BCUT2D eigenvalue weighted by atomic mass is 10.2. The van der Waals surface area contributed by atoms with Gasteiger partial charge in [0.25, 0.3) is 5.91 Å². The zero-order valence-corrected chi connectivity index (χ0v) is 12.3. The normalized spacial score (nSPS) is 14.6. The lowest BCUT2D eigenvalue weighted by Gasteiger charge is -2.10. The summed E-state index contributed by atoms with van der Waals surface area (Å²) in [6, 6.07) is 8.08. The lowest BCUT2D eigenvalue weighted by Crippen LogP contribution is -2.38. The molecule has 4 N–H and O–H groups in total. The summed E-state index contributed by atoms with van der Waals surface area (Å²) >= 11 is 0. The predicted octanol–water partition coefficient (Wildman–Crippen LogP) is 0.768. The van der Waals surface area contributed by atoms with Gasteiger partial charge in [0, 0.05) is 12.6 Å². The van der Waals surface area contributed by atoms with Crippen LogP contribution in [0.5, 0.6) is 5.75 Å². The van der Waals surface area contributed by atoms with Crippen molar-refractivity contribution < 1.29 is 9.53 Å². The molecule has 0 unspecified atom stereocenters. The van der Waals surface area contributed by atoms with Gasteiger partial charge >= 0.3 is 0 Å². The third kappa shape index (κ3) is 5.72. The molecule has 1 aromatic rings. The lowest BCUT2D eigenvalue weighted by molar-refractivity contribution is -0.119. The average molecular weight is 290 g/mol. The van der Waals surface area contributed by atoms with Gasteiger partial charge in [-0.05, 0) is 37.5 Å². The molecule has 1 aliphatic carbocycles. The highest BCUT2D eigenvalue weighted by Crippen LogP contribution is 2.18. The van der Waals surface area contributed by atoms with E-state index in [-0.39, 0.29) is 6.61 Å². The molecular weight excluding hydrogens is 268 g/mol. The molecular formula is C15H22N4O2. The van der Waals surface area contributed by atoms with E-state index in [0.29, 0.717) is 18.3 Å². The van der Waals surface area contributed by atoms with Crippen LogP contribution in [0.1, 0.15) is 25.3 Å². The van der Waals surface area contributed by atoms with E-state index < -0.39 is 5.91 Å². The van der Waals surface area contributed by atoms with Crippen LogP contribution >= 0.6 is 0 Å². The standard InChI is InChI=1S/C15H22N4O2/c1-2-17-15(19-12-6-7-12)18-9-11-4-3-5-13(8-11)21-10-14(16)20/h3-5,8,12H,2,6-7,9-10H2,1H3,(H2,16,20)(H2,17,18,19). The molecule has 2 rings (SSSR count). The summed E-state index contributed by atoms with van der Waals surface area (Å²) < 4.78 is 5.28. The van der Waals surface area contributed by atoms with E-state index in [4.69, 9.17) is 10.5 Å². The first-order valence-corrected chi connectivity index (χ1v) is 7.22. The van der Waals surface area contributed by atoms with Crippen LogP contribution < -0.4 is 21.1 Å². The van der Waals surface area contributed by atoms with Crippen molar-refractivity contribution >= 4 is 11.9 Å². The summed E-state index contributed by atoms with van der Waals surface area (Å²) in [5.41, 5.74) is 6.08. The smallest absolute Gasteiger partial charge is 0.255 e. The second-order valence-corrected chi connectivity index (χ2v) is 5.02. The number of aliphatic imine (C=N–C) groups is 1. The number of carbonyl (C=O) groups excluding carboxylic acids is 1. The van der Waals surface area contributed by atoms with E-state index in [1.165, 1.54) is 12.8 Å². The van der Waals surface area contributed by atoms with Gasteiger partial charge in [-0.2, -0.15) is 0 Å².